The Morgan fingerprint density at radius 1 is 1.03 bits per heavy atom. The van der Waals surface area contributed by atoms with Crippen molar-refractivity contribution in [2.75, 3.05) is 0 Å². The third kappa shape index (κ3) is 4.62. The van der Waals surface area contributed by atoms with Gasteiger partial charge in [-0.25, -0.2) is 4.79 Å². The molecule has 5 rings (SSSR count). The van der Waals surface area contributed by atoms with E-state index in [1.165, 1.54) is 38.5 Å². The Bertz CT molecular complexity index is 874. The Kier molecular flexibility index (Phi) is 7.24. The molecule has 5 fully saturated rings. The van der Waals surface area contributed by atoms with E-state index in [4.69, 9.17) is 14.2 Å². The summed E-state index contributed by atoms with van der Waals surface area (Å²) in [6.07, 6.45) is 14.9. The molecule has 36 heavy (non-hydrogen) atoms. The minimum Gasteiger partial charge on any atom is -0.456 e. The number of aliphatic hydroxyl groups is 1. The SMILES string of the molecule is C=C(C)C(=O)OC1(CC)CCC(C2CCC(C34CCC(O3)[C@@H](C3(OC(O)C(=C)C)CCCC3)C4)C2)C1. The zero-order chi connectivity index (χ0) is 25.7. The maximum atomic E-state index is 12.3. The van der Waals surface area contributed by atoms with Gasteiger partial charge in [0.25, 0.3) is 0 Å². The van der Waals surface area contributed by atoms with Crippen LogP contribution < -0.4 is 0 Å². The van der Waals surface area contributed by atoms with Gasteiger partial charge < -0.3 is 19.3 Å². The lowest BCUT2D eigenvalue weighted by Gasteiger charge is -2.42. The zero-order valence-electron chi connectivity index (χ0n) is 22.9. The summed E-state index contributed by atoms with van der Waals surface area (Å²) in [4.78, 5) is 12.3. The van der Waals surface area contributed by atoms with Crippen LogP contribution in [0.1, 0.15) is 111 Å². The van der Waals surface area contributed by atoms with Gasteiger partial charge in [0.2, 0.25) is 0 Å². The molecule has 0 aromatic heterocycles. The Morgan fingerprint density at radius 3 is 2.44 bits per heavy atom. The minimum atomic E-state index is -0.880. The normalized spacial score (nSPS) is 42.1. The fourth-order valence-electron chi connectivity index (χ4n) is 8.83. The standard InChI is InChI=1S/C31H48O5/c1-6-29(35-27(32)20(2)3)15-11-23(18-29)22-9-10-24(17-22)31-16-12-26(34-31)25(19-31)30(13-7-8-14-30)36-28(33)21(4)5/h22-26,28,33H,2,4,6-19H2,1,3,5H3/t22?,23?,24?,25-,26?,28?,29?,31?/m0/s1. The largest absolute Gasteiger partial charge is 0.456 e. The van der Waals surface area contributed by atoms with Crippen molar-refractivity contribution in [1.29, 1.82) is 0 Å². The van der Waals surface area contributed by atoms with Gasteiger partial charge in [-0.2, -0.15) is 0 Å². The average molecular weight is 501 g/mol. The highest BCUT2D eigenvalue weighted by atomic mass is 16.6. The molecule has 0 aromatic carbocycles. The predicted molar refractivity (Wildman–Crippen MR) is 140 cm³/mol. The first-order chi connectivity index (χ1) is 17.1. The van der Waals surface area contributed by atoms with Crippen LogP contribution in [0.25, 0.3) is 0 Å². The van der Waals surface area contributed by atoms with Crippen LogP contribution in [0.5, 0.6) is 0 Å². The lowest BCUT2D eigenvalue weighted by molar-refractivity contribution is -0.193. The van der Waals surface area contributed by atoms with Gasteiger partial charge in [0.05, 0.1) is 17.3 Å². The van der Waals surface area contributed by atoms with Gasteiger partial charge in [-0.15, -0.1) is 0 Å². The van der Waals surface area contributed by atoms with Crippen LogP contribution in [0.3, 0.4) is 0 Å². The summed E-state index contributed by atoms with van der Waals surface area (Å²) in [6.45, 7) is 13.5. The van der Waals surface area contributed by atoms with E-state index >= 15 is 0 Å². The highest BCUT2D eigenvalue weighted by Crippen LogP contribution is 2.61. The van der Waals surface area contributed by atoms with Crippen molar-refractivity contribution in [3.05, 3.63) is 24.3 Å². The van der Waals surface area contributed by atoms with Gasteiger partial charge >= 0.3 is 5.97 Å². The second-order valence-corrected chi connectivity index (χ2v) is 13.1. The number of esters is 1. The molecule has 5 nitrogen and oxygen atoms in total. The Hall–Kier alpha value is -1.17. The third-order valence-corrected chi connectivity index (χ3v) is 10.9. The summed E-state index contributed by atoms with van der Waals surface area (Å²) in [5.74, 6) is 2.08. The van der Waals surface area contributed by atoms with Gasteiger partial charge in [0, 0.05) is 11.5 Å². The molecular weight excluding hydrogens is 452 g/mol. The number of carbonyl (C=O) groups excluding carboxylic acids is 1. The molecular formula is C31H48O5. The van der Waals surface area contributed by atoms with Gasteiger partial charge in [-0.1, -0.05) is 32.9 Å². The van der Waals surface area contributed by atoms with E-state index in [0.29, 0.717) is 34.8 Å². The van der Waals surface area contributed by atoms with E-state index in [1.54, 1.807) is 6.92 Å². The van der Waals surface area contributed by atoms with Gasteiger partial charge in [-0.05, 0) is 114 Å². The molecule has 2 aliphatic heterocycles. The molecule has 1 N–H and O–H groups in total. The van der Waals surface area contributed by atoms with Crippen LogP contribution >= 0.6 is 0 Å². The number of hydrogen-bond acceptors (Lipinski definition) is 5. The van der Waals surface area contributed by atoms with Gasteiger partial charge in [0.15, 0.2) is 6.29 Å². The third-order valence-electron chi connectivity index (χ3n) is 10.9. The van der Waals surface area contributed by atoms with E-state index in [2.05, 4.69) is 20.1 Å². The first-order valence-corrected chi connectivity index (χ1v) is 14.7. The van der Waals surface area contributed by atoms with E-state index < -0.39 is 6.29 Å². The van der Waals surface area contributed by atoms with Crippen LogP contribution in [0.2, 0.25) is 0 Å². The highest BCUT2D eigenvalue weighted by Gasteiger charge is 2.63. The molecule has 3 saturated carbocycles. The van der Waals surface area contributed by atoms with Crippen LogP contribution in [-0.2, 0) is 19.0 Å². The number of ether oxygens (including phenoxy) is 3. The average Bonchev–Trinajstić information content (AvgIpc) is 3.67. The lowest BCUT2D eigenvalue weighted by Crippen LogP contribution is -2.47. The van der Waals surface area contributed by atoms with Crippen molar-refractivity contribution in [3.63, 3.8) is 0 Å². The summed E-state index contributed by atoms with van der Waals surface area (Å²) in [7, 11) is 0. The Morgan fingerprint density at radius 2 is 1.78 bits per heavy atom. The van der Waals surface area contributed by atoms with Crippen molar-refractivity contribution in [3.8, 4) is 0 Å². The van der Waals surface area contributed by atoms with Crippen LogP contribution in [0, 0.1) is 23.7 Å². The Labute approximate surface area is 218 Å². The molecule has 2 saturated heterocycles. The van der Waals surface area contributed by atoms with E-state index in [0.717, 1.165) is 51.4 Å². The molecule has 0 aromatic rings. The first-order valence-electron chi connectivity index (χ1n) is 14.7. The van der Waals surface area contributed by atoms with Crippen LogP contribution in [-0.4, -0.2) is 40.3 Å². The minimum absolute atomic E-state index is 0.00984. The highest BCUT2D eigenvalue weighted by molar-refractivity contribution is 5.87. The molecule has 8 atom stereocenters. The van der Waals surface area contributed by atoms with Crippen LogP contribution in [0.15, 0.2) is 24.3 Å². The first kappa shape index (κ1) is 26.4. The van der Waals surface area contributed by atoms with E-state index in [1.807, 2.05) is 6.92 Å². The van der Waals surface area contributed by atoms with Crippen molar-refractivity contribution in [2.45, 2.75) is 140 Å². The zero-order valence-corrected chi connectivity index (χ0v) is 22.9. The maximum absolute atomic E-state index is 12.3. The molecule has 2 bridgehead atoms. The molecule has 3 aliphatic carbocycles. The van der Waals surface area contributed by atoms with Crippen LogP contribution in [0.4, 0.5) is 0 Å². The maximum Gasteiger partial charge on any atom is 0.333 e. The monoisotopic (exact) mass is 500 g/mol. The molecule has 7 unspecified atom stereocenters. The fourth-order valence-corrected chi connectivity index (χ4v) is 8.83. The number of hydrogen-bond donors (Lipinski definition) is 1. The number of fused-ring (bicyclic) bond motifs is 2. The second-order valence-electron chi connectivity index (χ2n) is 13.1. The quantitative estimate of drug-likeness (QED) is 0.167. The van der Waals surface area contributed by atoms with E-state index in [9.17, 15) is 9.90 Å². The fraction of sp³-hybridized carbons (Fsp3) is 0.839. The topological polar surface area (TPSA) is 65.0 Å². The molecule has 2 heterocycles. The Balaban J connectivity index is 1.24. The molecule has 202 valence electrons. The van der Waals surface area contributed by atoms with Crippen molar-refractivity contribution >= 4 is 5.97 Å². The summed E-state index contributed by atoms with van der Waals surface area (Å²) >= 11 is 0. The number of aliphatic hydroxyl groups excluding tert-OH is 1. The molecule has 5 aliphatic rings. The van der Waals surface area contributed by atoms with Crippen molar-refractivity contribution in [2.24, 2.45) is 23.7 Å². The van der Waals surface area contributed by atoms with E-state index in [-0.39, 0.29) is 28.9 Å². The van der Waals surface area contributed by atoms with Crippen molar-refractivity contribution in [1.82, 2.24) is 0 Å². The molecule has 0 radical (unpaired) electrons. The predicted octanol–water partition coefficient (Wildman–Crippen LogP) is 6.63. The molecule has 5 heteroatoms. The summed E-state index contributed by atoms with van der Waals surface area (Å²) < 4.78 is 19.3. The number of rotatable bonds is 9. The van der Waals surface area contributed by atoms with Gasteiger partial charge in [0.1, 0.15) is 5.60 Å². The molecule has 0 spiro atoms. The summed E-state index contributed by atoms with van der Waals surface area (Å²) in [5, 5.41) is 10.6. The van der Waals surface area contributed by atoms with Gasteiger partial charge in [-0.3, -0.25) is 0 Å². The summed E-state index contributed by atoms with van der Waals surface area (Å²) in [6, 6.07) is 0. The number of carbonyl (C=O) groups is 1. The summed E-state index contributed by atoms with van der Waals surface area (Å²) in [5.41, 5.74) is 0.607. The van der Waals surface area contributed by atoms with Crippen molar-refractivity contribution < 1.29 is 24.1 Å². The smallest absolute Gasteiger partial charge is 0.333 e. The lowest BCUT2D eigenvalue weighted by atomic mass is 9.67. The second kappa shape index (κ2) is 9.85. The molecule has 0 amide bonds.